The third-order valence-electron chi connectivity index (χ3n) is 3.71. The molecule has 0 atom stereocenters. The molecule has 0 bridgehead atoms. The Bertz CT molecular complexity index is 738. The van der Waals surface area contributed by atoms with Gasteiger partial charge in [-0.25, -0.2) is 4.39 Å². The minimum absolute atomic E-state index is 0.0454. The molecule has 1 aromatic carbocycles. The van der Waals surface area contributed by atoms with Crippen molar-refractivity contribution in [3.8, 4) is 0 Å². The van der Waals surface area contributed by atoms with Crippen molar-refractivity contribution in [3.05, 3.63) is 52.6 Å². The molecular formula is C18H21FN2O2S. The summed E-state index contributed by atoms with van der Waals surface area (Å²) in [6.07, 6.45) is 0.798. The quantitative estimate of drug-likeness (QED) is 0.453. The molecule has 1 amide bonds. The molecule has 2 rings (SSSR count). The number of carbonyl (C=O) groups excluding carboxylic acids is 2. The van der Waals surface area contributed by atoms with Crippen LogP contribution in [0, 0.1) is 19.7 Å². The highest BCUT2D eigenvalue weighted by atomic mass is 32.2. The van der Waals surface area contributed by atoms with Crippen LogP contribution in [-0.4, -0.2) is 29.0 Å². The van der Waals surface area contributed by atoms with Crippen molar-refractivity contribution in [1.82, 2.24) is 10.3 Å². The molecule has 2 N–H and O–H groups in total. The minimum atomic E-state index is -0.242. The van der Waals surface area contributed by atoms with Crippen LogP contribution >= 0.6 is 11.8 Å². The number of aryl methyl sites for hydroxylation is 1. The van der Waals surface area contributed by atoms with Gasteiger partial charge in [-0.15, -0.1) is 11.8 Å². The molecule has 4 nitrogen and oxygen atoms in total. The van der Waals surface area contributed by atoms with Gasteiger partial charge < -0.3 is 10.3 Å². The van der Waals surface area contributed by atoms with Crippen LogP contribution in [0.4, 0.5) is 4.39 Å². The molecule has 1 heterocycles. The first-order valence-electron chi connectivity index (χ1n) is 7.76. The molecule has 0 saturated carbocycles. The van der Waals surface area contributed by atoms with Gasteiger partial charge in [0, 0.05) is 22.7 Å². The highest BCUT2D eigenvalue weighted by Crippen LogP contribution is 2.19. The van der Waals surface area contributed by atoms with Crippen molar-refractivity contribution in [2.24, 2.45) is 0 Å². The topological polar surface area (TPSA) is 62.0 Å². The van der Waals surface area contributed by atoms with Crippen LogP contribution < -0.4 is 5.32 Å². The summed E-state index contributed by atoms with van der Waals surface area (Å²) in [5.41, 5.74) is 2.45. The maximum absolute atomic E-state index is 12.8. The average molecular weight is 348 g/mol. The van der Waals surface area contributed by atoms with E-state index >= 15 is 0 Å². The number of amides is 1. The SMILES string of the molecule is CC(=O)c1c(C)[nH]c(C(=O)NCCCSc2ccc(F)cc2)c1C. The zero-order valence-corrected chi connectivity index (χ0v) is 14.8. The number of hydrogen-bond donors (Lipinski definition) is 2. The van der Waals surface area contributed by atoms with E-state index in [2.05, 4.69) is 10.3 Å². The fraction of sp³-hybridized carbons (Fsp3) is 0.333. The van der Waals surface area contributed by atoms with E-state index in [0.29, 0.717) is 23.4 Å². The lowest BCUT2D eigenvalue weighted by Crippen LogP contribution is -2.25. The molecule has 1 aromatic heterocycles. The minimum Gasteiger partial charge on any atom is -0.354 e. The number of aromatic amines is 1. The first-order valence-corrected chi connectivity index (χ1v) is 8.75. The molecule has 128 valence electrons. The normalized spacial score (nSPS) is 10.7. The highest BCUT2D eigenvalue weighted by molar-refractivity contribution is 7.99. The molecule has 6 heteroatoms. The summed E-state index contributed by atoms with van der Waals surface area (Å²) in [6, 6.07) is 6.36. The van der Waals surface area contributed by atoms with Gasteiger partial charge in [0.2, 0.25) is 0 Å². The Labute approximate surface area is 145 Å². The molecule has 0 aliphatic heterocycles. The molecule has 0 spiro atoms. The summed E-state index contributed by atoms with van der Waals surface area (Å²) in [6.45, 7) is 5.61. The van der Waals surface area contributed by atoms with E-state index in [4.69, 9.17) is 0 Å². The van der Waals surface area contributed by atoms with Gasteiger partial charge in [0.15, 0.2) is 5.78 Å². The summed E-state index contributed by atoms with van der Waals surface area (Å²) in [7, 11) is 0. The second kappa shape index (κ2) is 8.15. The van der Waals surface area contributed by atoms with Crippen molar-refractivity contribution in [3.63, 3.8) is 0 Å². The number of halogens is 1. The lowest BCUT2D eigenvalue weighted by Gasteiger charge is -2.05. The maximum Gasteiger partial charge on any atom is 0.268 e. The Hall–Kier alpha value is -2.08. The van der Waals surface area contributed by atoms with Crippen LogP contribution in [0.1, 0.15) is 45.4 Å². The summed E-state index contributed by atoms with van der Waals surface area (Å²) < 4.78 is 12.8. The number of ketones is 1. The molecule has 0 aliphatic carbocycles. The molecule has 0 saturated heterocycles. The van der Waals surface area contributed by atoms with Gasteiger partial charge in [0.1, 0.15) is 11.5 Å². The van der Waals surface area contributed by atoms with Gasteiger partial charge >= 0.3 is 0 Å². The number of benzene rings is 1. The molecule has 0 unspecified atom stereocenters. The number of hydrogen-bond acceptors (Lipinski definition) is 3. The standard InChI is InChI=1S/C18H21FN2O2S/c1-11-16(13(3)22)12(2)21-17(11)18(23)20-9-4-10-24-15-7-5-14(19)6-8-15/h5-8,21H,4,9-10H2,1-3H3,(H,20,23). The number of nitrogens with one attached hydrogen (secondary N) is 2. The van der Waals surface area contributed by atoms with Crippen LogP contribution in [-0.2, 0) is 0 Å². The number of carbonyl (C=O) groups is 2. The van der Waals surface area contributed by atoms with Crippen LogP contribution in [0.2, 0.25) is 0 Å². The first-order chi connectivity index (χ1) is 11.4. The smallest absolute Gasteiger partial charge is 0.268 e. The summed E-state index contributed by atoms with van der Waals surface area (Å²) in [5.74, 6) is 0.340. The largest absolute Gasteiger partial charge is 0.354 e. The van der Waals surface area contributed by atoms with Crippen molar-refractivity contribution < 1.29 is 14.0 Å². The second-order valence-electron chi connectivity index (χ2n) is 5.59. The van der Waals surface area contributed by atoms with Gasteiger partial charge in [0.25, 0.3) is 5.91 Å². The highest BCUT2D eigenvalue weighted by Gasteiger charge is 2.19. The first kappa shape index (κ1) is 18.3. The van der Waals surface area contributed by atoms with Crippen LogP contribution in [0.3, 0.4) is 0 Å². The molecule has 0 radical (unpaired) electrons. The second-order valence-corrected chi connectivity index (χ2v) is 6.76. The number of thioether (sulfide) groups is 1. The number of Topliss-reactive ketones (excluding diaryl/α,β-unsaturated/α-hetero) is 1. The maximum atomic E-state index is 12.8. The molecule has 0 fully saturated rings. The van der Waals surface area contributed by atoms with Gasteiger partial charge in [0.05, 0.1) is 0 Å². The zero-order chi connectivity index (χ0) is 17.7. The predicted octanol–water partition coefficient (Wildman–Crippen LogP) is 3.89. The Morgan fingerprint density at radius 2 is 1.88 bits per heavy atom. The van der Waals surface area contributed by atoms with Gasteiger partial charge in [-0.3, -0.25) is 9.59 Å². The fourth-order valence-electron chi connectivity index (χ4n) is 2.59. The predicted molar refractivity (Wildman–Crippen MR) is 94.3 cm³/mol. The number of rotatable bonds is 7. The number of aromatic nitrogens is 1. The van der Waals surface area contributed by atoms with Crippen molar-refractivity contribution in [2.75, 3.05) is 12.3 Å². The van der Waals surface area contributed by atoms with Crippen LogP contribution in [0.5, 0.6) is 0 Å². The average Bonchev–Trinajstić information content (AvgIpc) is 2.83. The third kappa shape index (κ3) is 4.47. The Morgan fingerprint density at radius 3 is 2.46 bits per heavy atom. The monoisotopic (exact) mass is 348 g/mol. The van der Waals surface area contributed by atoms with Crippen molar-refractivity contribution in [1.29, 1.82) is 0 Å². The van der Waals surface area contributed by atoms with E-state index in [1.165, 1.54) is 19.1 Å². The van der Waals surface area contributed by atoms with E-state index < -0.39 is 0 Å². The van der Waals surface area contributed by atoms with Crippen LogP contribution in [0.15, 0.2) is 29.2 Å². The van der Waals surface area contributed by atoms with Gasteiger partial charge in [-0.05, 0) is 62.8 Å². The Balaban J connectivity index is 1.80. The summed E-state index contributed by atoms with van der Waals surface area (Å²) in [4.78, 5) is 27.8. The van der Waals surface area contributed by atoms with E-state index in [9.17, 15) is 14.0 Å². The zero-order valence-electron chi connectivity index (χ0n) is 14.0. The Kier molecular flexibility index (Phi) is 6.20. The van der Waals surface area contributed by atoms with Crippen molar-refractivity contribution in [2.45, 2.75) is 32.1 Å². The fourth-order valence-corrected chi connectivity index (χ4v) is 3.44. The lowest BCUT2D eigenvalue weighted by atomic mass is 10.1. The summed E-state index contributed by atoms with van der Waals surface area (Å²) in [5, 5.41) is 2.86. The van der Waals surface area contributed by atoms with Gasteiger partial charge in [-0.2, -0.15) is 0 Å². The lowest BCUT2D eigenvalue weighted by molar-refractivity contribution is 0.0948. The summed E-state index contributed by atoms with van der Waals surface area (Å²) >= 11 is 1.62. The van der Waals surface area contributed by atoms with E-state index in [1.807, 2.05) is 0 Å². The van der Waals surface area contributed by atoms with E-state index in [0.717, 1.165) is 22.8 Å². The molecule has 24 heavy (non-hydrogen) atoms. The van der Waals surface area contributed by atoms with Crippen molar-refractivity contribution >= 4 is 23.5 Å². The molecular weight excluding hydrogens is 327 g/mol. The van der Waals surface area contributed by atoms with Gasteiger partial charge in [-0.1, -0.05) is 0 Å². The molecule has 0 aliphatic rings. The third-order valence-corrected chi connectivity index (χ3v) is 4.80. The van der Waals surface area contributed by atoms with Crippen LogP contribution in [0.25, 0.3) is 0 Å². The Morgan fingerprint density at radius 1 is 1.21 bits per heavy atom. The van der Waals surface area contributed by atoms with E-state index in [1.54, 1.807) is 37.7 Å². The molecule has 2 aromatic rings. The van der Waals surface area contributed by atoms with E-state index in [-0.39, 0.29) is 17.5 Å². The number of H-pyrrole nitrogens is 1.